The van der Waals surface area contributed by atoms with Crippen LogP contribution in [0.25, 0.3) is 0 Å². The van der Waals surface area contributed by atoms with Crippen molar-refractivity contribution in [3.8, 4) is 0 Å². The summed E-state index contributed by atoms with van der Waals surface area (Å²) in [6.45, 7) is 4.45. The average molecular weight is 328 g/mol. The molecule has 8 heteroatoms. The van der Waals surface area contributed by atoms with Crippen LogP contribution in [0, 0.1) is 0 Å². The van der Waals surface area contributed by atoms with E-state index in [1.807, 2.05) is 14.0 Å². The zero-order valence-electron chi connectivity index (χ0n) is 13.1. The van der Waals surface area contributed by atoms with Gasteiger partial charge in [-0.15, -0.1) is 0 Å². The van der Waals surface area contributed by atoms with E-state index in [1.54, 1.807) is 12.1 Å². The number of rotatable bonds is 6. The van der Waals surface area contributed by atoms with Gasteiger partial charge in [0, 0.05) is 32.4 Å². The molecule has 0 radical (unpaired) electrons. The van der Waals surface area contributed by atoms with Gasteiger partial charge in [0.05, 0.1) is 12.6 Å². The van der Waals surface area contributed by atoms with E-state index >= 15 is 0 Å². The third-order valence-electron chi connectivity index (χ3n) is 3.90. The number of piperazine rings is 1. The molecule has 0 amide bonds. The predicted molar refractivity (Wildman–Crippen MR) is 85.3 cm³/mol. The maximum absolute atomic E-state index is 12.5. The molecule has 2 N–H and O–H groups in total. The molecule has 2 heterocycles. The lowest BCUT2D eigenvalue weighted by molar-refractivity contribution is 0.222. The number of hydrogen-bond donors (Lipinski definition) is 2. The van der Waals surface area contributed by atoms with E-state index in [0.29, 0.717) is 18.9 Å². The first-order chi connectivity index (χ1) is 10.5. The Morgan fingerprint density at radius 1 is 1.32 bits per heavy atom. The molecule has 22 heavy (non-hydrogen) atoms. The fraction of sp³-hybridized carbons (Fsp3) is 0.643. The zero-order valence-corrected chi connectivity index (χ0v) is 13.9. The van der Waals surface area contributed by atoms with E-state index < -0.39 is 10.0 Å². The Morgan fingerprint density at radius 3 is 2.50 bits per heavy atom. The van der Waals surface area contributed by atoms with Gasteiger partial charge in [-0.3, -0.25) is 0 Å². The minimum absolute atomic E-state index is 0.0134. The van der Waals surface area contributed by atoms with Crippen LogP contribution < -0.4 is 5.32 Å². The van der Waals surface area contributed by atoms with Crippen molar-refractivity contribution in [2.24, 2.45) is 0 Å². The highest BCUT2D eigenvalue weighted by Crippen LogP contribution is 2.18. The van der Waals surface area contributed by atoms with Gasteiger partial charge in [-0.1, -0.05) is 6.92 Å². The van der Waals surface area contributed by atoms with Gasteiger partial charge < -0.3 is 15.3 Å². The van der Waals surface area contributed by atoms with Crippen LogP contribution in [0.4, 0.5) is 5.82 Å². The van der Waals surface area contributed by atoms with Gasteiger partial charge >= 0.3 is 0 Å². The van der Waals surface area contributed by atoms with Gasteiger partial charge in [0.1, 0.15) is 10.7 Å². The number of anilines is 1. The van der Waals surface area contributed by atoms with Crippen molar-refractivity contribution in [2.45, 2.75) is 24.3 Å². The van der Waals surface area contributed by atoms with E-state index in [4.69, 9.17) is 5.11 Å². The zero-order chi connectivity index (χ0) is 16.2. The summed E-state index contributed by atoms with van der Waals surface area (Å²) in [5.74, 6) is 0.568. The summed E-state index contributed by atoms with van der Waals surface area (Å²) in [6, 6.07) is 3.13. The summed E-state index contributed by atoms with van der Waals surface area (Å²) in [7, 11) is -1.49. The van der Waals surface area contributed by atoms with Crippen LogP contribution in [0.15, 0.2) is 23.2 Å². The molecule has 0 unspecified atom stereocenters. The monoisotopic (exact) mass is 328 g/mol. The molecule has 2 rings (SSSR count). The first-order valence-corrected chi connectivity index (χ1v) is 8.93. The standard InChI is InChI=1S/C14H24N4O3S/c1-3-12(11-19)16-14-5-4-13(10-15-14)22(20,21)18-8-6-17(2)7-9-18/h4-5,10,12,19H,3,6-9,11H2,1-2H3,(H,15,16)/t12-/m1/s1. The molecule has 0 saturated carbocycles. The fourth-order valence-corrected chi connectivity index (χ4v) is 3.65. The Labute approximate surface area is 132 Å². The number of likely N-dealkylation sites (N-methyl/N-ethyl adjacent to an activating group) is 1. The van der Waals surface area contributed by atoms with Crippen LogP contribution in [-0.4, -0.2) is 73.6 Å². The van der Waals surface area contributed by atoms with Gasteiger partial charge in [0.25, 0.3) is 0 Å². The number of hydrogen-bond acceptors (Lipinski definition) is 6. The van der Waals surface area contributed by atoms with Crippen molar-refractivity contribution in [3.63, 3.8) is 0 Å². The van der Waals surface area contributed by atoms with E-state index in [-0.39, 0.29) is 17.5 Å². The second kappa shape index (κ2) is 7.36. The Morgan fingerprint density at radius 2 is 2.00 bits per heavy atom. The fourth-order valence-electron chi connectivity index (χ4n) is 2.28. The second-order valence-electron chi connectivity index (χ2n) is 5.52. The summed E-state index contributed by atoms with van der Waals surface area (Å²) in [5, 5.41) is 12.2. The minimum Gasteiger partial charge on any atom is -0.394 e. The molecule has 7 nitrogen and oxygen atoms in total. The minimum atomic E-state index is -3.47. The molecule has 1 fully saturated rings. The van der Waals surface area contributed by atoms with Gasteiger partial charge in [-0.2, -0.15) is 4.31 Å². The highest BCUT2D eigenvalue weighted by atomic mass is 32.2. The highest BCUT2D eigenvalue weighted by Gasteiger charge is 2.27. The second-order valence-corrected chi connectivity index (χ2v) is 7.46. The molecule has 1 aliphatic heterocycles. The van der Waals surface area contributed by atoms with Crippen LogP contribution >= 0.6 is 0 Å². The van der Waals surface area contributed by atoms with E-state index in [2.05, 4.69) is 15.2 Å². The summed E-state index contributed by atoms with van der Waals surface area (Å²) < 4.78 is 26.6. The van der Waals surface area contributed by atoms with Crippen LogP contribution in [0.3, 0.4) is 0 Å². The molecular weight excluding hydrogens is 304 g/mol. The number of aromatic nitrogens is 1. The molecule has 1 atom stereocenters. The lowest BCUT2D eigenvalue weighted by Gasteiger charge is -2.31. The maximum atomic E-state index is 12.5. The molecule has 1 saturated heterocycles. The SMILES string of the molecule is CC[C@H](CO)Nc1ccc(S(=O)(=O)N2CCN(C)CC2)cn1. The Bertz CT molecular complexity index is 564. The molecular formula is C14H24N4O3S. The normalized spacial score (nSPS) is 19.0. The lowest BCUT2D eigenvalue weighted by atomic mass is 10.2. The molecule has 0 aliphatic carbocycles. The number of pyridine rings is 1. The summed E-state index contributed by atoms with van der Waals surface area (Å²) in [5.41, 5.74) is 0. The number of aliphatic hydroxyl groups is 1. The van der Waals surface area contributed by atoms with Gasteiger partial charge in [0.15, 0.2) is 0 Å². The Kier molecular flexibility index (Phi) is 5.74. The number of sulfonamides is 1. The molecule has 1 aromatic heterocycles. The van der Waals surface area contributed by atoms with Gasteiger partial charge in [0.2, 0.25) is 10.0 Å². The van der Waals surface area contributed by atoms with Crippen LogP contribution in [0.1, 0.15) is 13.3 Å². The van der Waals surface area contributed by atoms with Crippen molar-refractivity contribution in [3.05, 3.63) is 18.3 Å². The van der Waals surface area contributed by atoms with Gasteiger partial charge in [-0.25, -0.2) is 13.4 Å². The first kappa shape index (κ1) is 17.1. The average Bonchev–Trinajstić information content (AvgIpc) is 2.53. The number of aliphatic hydroxyl groups excluding tert-OH is 1. The third kappa shape index (κ3) is 3.95. The van der Waals surface area contributed by atoms with Crippen LogP contribution in [0.2, 0.25) is 0 Å². The highest BCUT2D eigenvalue weighted by molar-refractivity contribution is 7.89. The van der Waals surface area contributed by atoms with Crippen LogP contribution in [0.5, 0.6) is 0 Å². The van der Waals surface area contributed by atoms with E-state index in [1.165, 1.54) is 10.5 Å². The Hall–Kier alpha value is -1.22. The largest absolute Gasteiger partial charge is 0.394 e. The molecule has 1 aromatic rings. The van der Waals surface area contributed by atoms with E-state index in [0.717, 1.165) is 19.5 Å². The van der Waals surface area contributed by atoms with Crippen molar-refractivity contribution in [2.75, 3.05) is 45.2 Å². The lowest BCUT2D eigenvalue weighted by Crippen LogP contribution is -2.47. The van der Waals surface area contributed by atoms with Gasteiger partial charge in [-0.05, 0) is 25.6 Å². The quantitative estimate of drug-likeness (QED) is 0.776. The van der Waals surface area contributed by atoms with Crippen molar-refractivity contribution in [1.82, 2.24) is 14.2 Å². The van der Waals surface area contributed by atoms with Crippen molar-refractivity contribution < 1.29 is 13.5 Å². The molecule has 1 aliphatic rings. The topological polar surface area (TPSA) is 85.8 Å². The summed E-state index contributed by atoms with van der Waals surface area (Å²) in [4.78, 5) is 6.47. The Balaban J connectivity index is 2.09. The van der Waals surface area contributed by atoms with Crippen LogP contribution in [-0.2, 0) is 10.0 Å². The first-order valence-electron chi connectivity index (χ1n) is 7.49. The summed E-state index contributed by atoms with van der Waals surface area (Å²) >= 11 is 0. The third-order valence-corrected chi connectivity index (χ3v) is 5.78. The molecule has 124 valence electrons. The number of nitrogens with zero attached hydrogens (tertiary/aromatic N) is 3. The van der Waals surface area contributed by atoms with Crippen molar-refractivity contribution in [1.29, 1.82) is 0 Å². The van der Waals surface area contributed by atoms with Crippen molar-refractivity contribution >= 4 is 15.8 Å². The number of nitrogens with one attached hydrogen (secondary N) is 1. The smallest absolute Gasteiger partial charge is 0.244 e. The summed E-state index contributed by atoms with van der Waals surface area (Å²) in [6.07, 6.45) is 2.14. The van der Waals surface area contributed by atoms with E-state index in [9.17, 15) is 8.42 Å². The molecule has 0 bridgehead atoms. The molecule has 0 aromatic carbocycles. The molecule has 0 spiro atoms. The predicted octanol–water partition coefficient (Wildman–Crippen LogP) is 0.201. The maximum Gasteiger partial charge on any atom is 0.244 e.